The number of rotatable bonds is 4. The summed E-state index contributed by atoms with van der Waals surface area (Å²) in [5, 5.41) is 3.31. The minimum atomic E-state index is -0.449. The van der Waals surface area contributed by atoms with Crippen molar-refractivity contribution in [1.82, 2.24) is 10.2 Å². The summed E-state index contributed by atoms with van der Waals surface area (Å²) < 4.78 is 13.0. The van der Waals surface area contributed by atoms with E-state index in [0.29, 0.717) is 13.0 Å². The Morgan fingerprint density at radius 3 is 2.78 bits per heavy atom. The van der Waals surface area contributed by atoms with E-state index in [0.717, 1.165) is 31.7 Å². The van der Waals surface area contributed by atoms with Gasteiger partial charge in [-0.25, -0.2) is 4.39 Å². The molecule has 0 bridgehead atoms. The van der Waals surface area contributed by atoms with Gasteiger partial charge in [-0.05, 0) is 17.7 Å². The third-order valence-electron chi connectivity index (χ3n) is 2.99. The van der Waals surface area contributed by atoms with E-state index in [4.69, 9.17) is 11.6 Å². The molecule has 0 atom stereocenters. The fourth-order valence-corrected chi connectivity index (χ4v) is 2.25. The van der Waals surface area contributed by atoms with Crippen LogP contribution in [0.3, 0.4) is 0 Å². The van der Waals surface area contributed by atoms with Crippen molar-refractivity contribution in [2.45, 2.75) is 6.42 Å². The molecule has 0 aromatic heterocycles. The molecule has 1 saturated heterocycles. The van der Waals surface area contributed by atoms with Gasteiger partial charge in [0.25, 0.3) is 0 Å². The van der Waals surface area contributed by atoms with Crippen LogP contribution in [-0.4, -0.2) is 43.4 Å². The second kappa shape index (κ2) is 6.27. The predicted molar refractivity (Wildman–Crippen MR) is 69.4 cm³/mol. The molecule has 0 spiro atoms. The van der Waals surface area contributed by atoms with Gasteiger partial charge in [0.15, 0.2) is 5.78 Å². The van der Waals surface area contributed by atoms with Crippen LogP contribution in [-0.2, 0) is 11.2 Å². The van der Waals surface area contributed by atoms with Gasteiger partial charge < -0.3 is 5.32 Å². The lowest BCUT2D eigenvalue weighted by atomic mass is 10.1. The smallest absolute Gasteiger partial charge is 0.151 e. The number of nitrogens with one attached hydrogen (secondary N) is 1. The summed E-state index contributed by atoms with van der Waals surface area (Å²) in [6, 6.07) is 4.43. The minimum Gasteiger partial charge on any atom is -0.314 e. The summed E-state index contributed by atoms with van der Waals surface area (Å²) in [6.07, 6.45) is 0.309. The largest absolute Gasteiger partial charge is 0.314 e. The Morgan fingerprint density at radius 2 is 2.11 bits per heavy atom. The third-order valence-corrected chi connectivity index (χ3v) is 3.28. The van der Waals surface area contributed by atoms with E-state index >= 15 is 0 Å². The van der Waals surface area contributed by atoms with Crippen molar-refractivity contribution in [3.8, 4) is 0 Å². The zero-order valence-corrected chi connectivity index (χ0v) is 10.8. The molecule has 1 fully saturated rings. The van der Waals surface area contributed by atoms with Gasteiger partial charge in [-0.1, -0.05) is 17.7 Å². The molecule has 2 rings (SSSR count). The van der Waals surface area contributed by atoms with E-state index in [1.807, 2.05) is 0 Å². The number of Topliss-reactive ketones (excluding diaryl/α,β-unsaturated/α-hetero) is 1. The second-order valence-corrected chi connectivity index (χ2v) is 4.90. The molecule has 1 heterocycles. The molecule has 1 N–H and O–H groups in total. The Hall–Kier alpha value is -0.970. The van der Waals surface area contributed by atoms with Crippen LogP contribution in [0.4, 0.5) is 4.39 Å². The van der Waals surface area contributed by atoms with E-state index in [2.05, 4.69) is 10.2 Å². The summed E-state index contributed by atoms with van der Waals surface area (Å²) in [4.78, 5) is 14.0. The Bertz CT molecular complexity index is 433. The number of carbonyl (C=O) groups excluding carboxylic acids is 1. The number of hydrogen-bond acceptors (Lipinski definition) is 3. The van der Waals surface area contributed by atoms with E-state index in [9.17, 15) is 9.18 Å². The summed E-state index contributed by atoms with van der Waals surface area (Å²) >= 11 is 5.68. The van der Waals surface area contributed by atoms with Gasteiger partial charge in [0.1, 0.15) is 5.82 Å². The first-order valence-electron chi connectivity index (χ1n) is 6.04. The lowest BCUT2D eigenvalue weighted by Gasteiger charge is -2.26. The van der Waals surface area contributed by atoms with Crippen LogP contribution in [0.25, 0.3) is 0 Å². The highest BCUT2D eigenvalue weighted by atomic mass is 35.5. The first kappa shape index (κ1) is 13.5. The molecule has 0 amide bonds. The van der Waals surface area contributed by atoms with Gasteiger partial charge in [-0.15, -0.1) is 0 Å². The first-order valence-corrected chi connectivity index (χ1v) is 6.41. The maximum Gasteiger partial charge on any atom is 0.151 e. The Morgan fingerprint density at radius 1 is 1.39 bits per heavy atom. The maximum atomic E-state index is 13.0. The summed E-state index contributed by atoms with van der Waals surface area (Å²) in [7, 11) is 0. The van der Waals surface area contributed by atoms with Gasteiger partial charge in [-0.2, -0.15) is 0 Å². The van der Waals surface area contributed by atoms with Crippen molar-refractivity contribution < 1.29 is 9.18 Å². The lowest BCUT2D eigenvalue weighted by Crippen LogP contribution is -2.45. The zero-order chi connectivity index (χ0) is 13.0. The topological polar surface area (TPSA) is 32.3 Å². The van der Waals surface area contributed by atoms with E-state index < -0.39 is 5.82 Å². The summed E-state index contributed by atoms with van der Waals surface area (Å²) in [5.74, 6) is -0.311. The van der Waals surface area contributed by atoms with Crippen molar-refractivity contribution in [3.63, 3.8) is 0 Å². The molecule has 5 heteroatoms. The fourth-order valence-electron chi connectivity index (χ4n) is 2.05. The molecule has 3 nitrogen and oxygen atoms in total. The van der Waals surface area contributed by atoms with Crippen LogP contribution in [0.2, 0.25) is 5.02 Å². The molecule has 1 aromatic carbocycles. The van der Waals surface area contributed by atoms with E-state index in [1.165, 1.54) is 12.1 Å². The Labute approximate surface area is 111 Å². The molecule has 1 aliphatic heterocycles. The van der Waals surface area contributed by atoms with Crippen LogP contribution in [0, 0.1) is 5.82 Å². The summed E-state index contributed by atoms with van der Waals surface area (Å²) in [6.45, 7) is 4.10. The van der Waals surface area contributed by atoms with Gasteiger partial charge in [-0.3, -0.25) is 9.69 Å². The number of nitrogens with zero attached hydrogens (tertiary/aromatic N) is 1. The predicted octanol–water partition coefficient (Wildman–Crippen LogP) is 1.50. The number of benzene rings is 1. The average Bonchev–Trinajstić information content (AvgIpc) is 2.35. The molecular formula is C13H16ClFN2O. The third kappa shape index (κ3) is 3.77. The molecule has 98 valence electrons. The van der Waals surface area contributed by atoms with Gasteiger partial charge >= 0.3 is 0 Å². The Balaban J connectivity index is 1.88. The van der Waals surface area contributed by atoms with Crippen molar-refractivity contribution in [2.75, 3.05) is 32.7 Å². The van der Waals surface area contributed by atoms with Gasteiger partial charge in [0, 0.05) is 32.6 Å². The highest BCUT2D eigenvalue weighted by Crippen LogP contribution is 2.16. The van der Waals surface area contributed by atoms with Crippen LogP contribution in [0.5, 0.6) is 0 Å². The minimum absolute atomic E-state index is 0.0717. The van der Waals surface area contributed by atoms with E-state index in [1.54, 1.807) is 6.07 Å². The lowest BCUT2D eigenvalue weighted by molar-refractivity contribution is -0.119. The van der Waals surface area contributed by atoms with Crippen molar-refractivity contribution in [1.29, 1.82) is 0 Å². The first-order chi connectivity index (χ1) is 8.65. The second-order valence-electron chi connectivity index (χ2n) is 4.49. The Kier molecular flexibility index (Phi) is 4.69. The number of ketones is 1. The number of halogens is 2. The van der Waals surface area contributed by atoms with Crippen molar-refractivity contribution in [2.24, 2.45) is 0 Å². The van der Waals surface area contributed by atoms with E-state index in [-0.39, 0.29) is 10.8 Å². The quantitative estimate of drug-likeness (QED) is 0.900. The van der Waals surface area contributed by atoms with Crippen molar-refractivity contribution >= 4 is 17.4 Å². The molecular weight excluding hydrogens is 255 g/mol. The van der Waals surface area contributed by atoms with Crippen LogP contribution in [0.15, 0.2) is 18.2 Å². The highest BCUT2D eigenvalue weighted by Gasteiger charge is 2.14. The highest BCUT2D eigenvalue weighted by molar-refractivity contribution is 6.30. The SMILES string of the molecule is O=C(Cc1ccc(F)c(Cl)c1)CN1CCNCC1. The zero-order valence-electron chi connectivity index (χ0n) is 10.1. The average molecular weight is 271 g/mol. The van der Waals surface area contributed by atoms with Crippen LogP contribution >= 0.6 is 11.6 Å². The molecule has 1 aromatic rings. The van der Waals surface area contributed by atoms with Crippen LogP contribution < -0.4 is 5.32 Å². The fraction of sp³-hybridized carbons (Fsp3) is 0.462. The standard InChI is InChI=1S/C13H16ClFN2O/c14-12-8-10(1-2-13(12)15)7-11(18)9-17-5-3-16-4-6-17/h1-2,8,16H,3-7,9H2. The van der Waals surface area contributed by atoms with Gasteiger partial charge in [0.2, 0.25) is 0 Å². The number of carbonyl (C=O) groups is 1. The maximum absolute atomic E-state index is 13.0. The molecule has 0 aliphatic carbocycles. The summed E-state index contributed by atoms with van der Waals surface area (Å²) in [5.41, 5.74) is 0.765. The molecule has 18 heavy (non-hydrogen) atoms. The normalized spacial score (nSPS) is 16.8. The number of piperazine rings is 1. The number of hydrogen-bond donors (Lipinski definition) is 1. The monoisotopic (exact) mass is 270 g/mol. The van der Waals surface area contributed by atoms with Gasteiger partial charge in [0.05, 0.1) is 11.6 Å². The van der Waals surface area contributed by atoms with Crippen LogP contribution in [0.1, 0.15) is 5.56 Å². The van der Waals surface area contributed by atoms with Crippen molar-refractivity contribution in [3.05, 3.63) is 34.6 Å². The molecule has 1 aliphatic rings. The molecule has 0 saturated carbocycles. The molecule has 0 radical (unpaired) electrons. The molecule has 0 unspecified atom stereocenters.